The van der Waals surface area contributed by atoms with E-state index in [9.17, 15) is 0 Å². The first kappa shape index (κ1) is 14.8. The van der Waals surface area contributed by atoms with Gasteiger partial charge in [0.25, 0.3) is 0 Å². The predicted octanol–water partition coefficient (Wildman–Crippen LogP) is 2.91. The van der Waals surface area contributed by atoms with E-state index in [1.807, 2.05) is 18.3 Å². The van der Waals surface area contributed by atoms with Crippen molar-refractivity contribution in [1.82, 2.24) is 9.88 Å². The van der Waals surface area contributed by atoms with E-state index in [-0.39, 0.29) is 0 Å². The molecule has 1 aliphatic heterocycles. The van der Waals surface area contributed by atoms with Crippen molar-refractivity contribution in [2.24, 2.45) is 0 Å². The Morgan fingerprint density at radius 3 is 2.41 bits per heavy atom. The summed E-state index contributed by atoms with van der Waals surface area (Å²) in [6.07, 6.45) is 1.84. The van der Waals surface area contributed by atoms with Gasteiger partial charge in [-0.1, -0.05) is 23.8 Å². The van der Waals surface area contributed by atoms with Gasteiger partial charge in [0, 0.05) is 38.1 Å². The molecule has 0 amide bonds. The minimum Gasteiger partial charge on any atom is -0.353 e. The number of piperazine rings is 1. The topological polar surface area (TPSA) is 31.4 Å². The van der Waals surface area contributed by atoms with E-state index in [0.29, 0.717) is 0 Å². The number of pyridine rings is 1. The Labute approximate surface area is 136 Å². The summed E-state index contributed by atoms with van der Waals surface area (Å²) in [6.45, 7) is 5.78. The van der Waals surface area contributed by atoms with Gasteiger partial charge in [-0.15, -0.1) is 0 Å². The summed E-state index contributed by atoms with van der Waals surface area (Å²) in [4.78, 5) is 8.92. The number of aryl methyl sites for hydroxylation is 1. The minimum absolute atomic E-state index is 0.796. The van der Waals surface area contributed by atoms with Crippen molar-refractivity contribution in [2.75, 3.05) is 36.4 Å². The molecule has 0 spiro atoms. The fourth-order valence-electron chi connectivity index (χ4n) is 2.52. The number of hydrogen-bond donors (Lipinski definition) is 1. The molecule has 1 fully saturated rings. The zero-order valence-corrected chi connectivity index (χ0v) is 13.5. The molecule has 0 atom stereocenters. The molecular formula is C17H20N4S. The lowest BCUT2D eigenvalue weighted by Crippen LogP contribution is -2.50. The molecule has 1 aromatic heterocycles. The highest BCUT2D eigenvalue weighted by atomic mass is 32.1. The Bertz CT molecular complexity index is 619. The van der Waals surface area contributed by atoms with Crippen LogP contribution in [-0.4, -0.2) is 41.2 Å². The van der Waals surface area contributed by atoms with E-state index in [1.54, 1.807) is 0 Å². The number of aromatic nitrogens is 1. The Balaban J connectivity index is 1.54. The van der Waals surface area contributed by atoms with Crippen LogP contribution in [0.1, 0.15) is 5.56 Å². The standard InChI is InChI=1S/C17H20N4S/c1-14-5-7-15(8-6-14)19-17(22)21-12-10-20(11-13-21)16-4-2-3-9-18-16/h2-9H,10-13H2,1H3,(H,19,22). The van der Waals surface area contributed by atoms with Crippen molar-refractivity contribution in [3.05, 3.63) is 54.2 Å². The summed E-state index contributed by atoms with van der Waals surface area (Å²) in [5, 5.41) is 4.11. The number of nitrogens with one attached hydrogen (secondary N) is 1. The van der Waals surface area contributed by atoms with Crippen molar-refractivity contribution < 1.29 is 0 Å². The molecule has 0 radical (unpaired) electrons. The lowest BCUT2D eigenvalue weighted by molar-refractivity contribution is 0.389. The quantitative estimate of drug-likeness (QED) is 0.862. The van der Waals surface area contributed by atoms with E-state index in [2.05, 4.69) is 57.4 Å². The van der Waals surface area contributed by atoms with Crippen LogP contribution in [0.15, 0.2) is 48.7 Å². The molecule has 0 aliphatic carbocycles. The van der Waals surface area contributed by atoms with Gasteiger partial charge in [-0.05, 0) is 43.4 Å². The van der Waals surface area contributed by atoms with E-state index >= 15 is 0 Å². The van der Waals surface area contributed by atoms with Crippen LogP contribution >= 0.6 is 12.2 Å². The summed E-state index contributed by atoms with van der Waals surface area (Å²) in [5.41, 5.74) is 2.29. The van der Waals surface area contributed by atoms with E-state index in [1.165, 1.54) is 5.56 Å². The van der Waals surface area contributed by atoms with E-state index < -0.39 is 0 Å². The molecule has 22 heavy (non-hydrogen) atoms. The maximum atomic E-state index is 5.52. The van der Waals surface area contributed by atoms with Gasteiger partial charge < -0.3 is 15.1 Å². The van der Waals surface area contributed by atoms with Crippen LogP contribution in [0.25, 0.3) is 0 Å². The average molecular weight is 312 g/mol. The summed E-state index contributed by atoms with van der Waals surface area (Å²) in [7, 11) is 0. The largest absolute Gasteiger partial charge is 0.353 e. The van der Waals surface area contributed by atoms with Crippen molar-refractivity contribution >= 4 is 28.8 Å². The first-order chi connectivity index (χ1) is 10.7. The van der Waals surface area contributed by atoms with Gasteiger partial charge in [-0.2, -0.15) is 0 Å². The number of rotatable bonds is 2. The Hall–Kier alpha value is -2.14. The molecule has 2 heterocycles. The molecular weight excluding hydrogens is 292 g/mol. The second-order valence-electron chi connectivity index (χ2n) is 5.46. The van der Waals surface area contributed by atoms with Crippen molar-refractivity contribution in [3.63, 3.8) is 0 Å². The summed E-state index contributed by atoms with van der Waals surface area (Å²) >= 11 is 5.52. The molecule has 114 valence electrons. The van der Waals surface area contributed by atoms with Gasteiger partial charge in [-0.3, -0.25) is 0 Å². The highest BCUT2D eigenvalue weighted by Crippen LogP contribution is 2.14. The van der Waals surface area contributed by atoms with Crippen LogP contribution in [0.2, 0.25) is 0 Å². The summed E-state index contributed by atoms with van der Waals surface area (Å²) < 4.78 is 0. The van der Waals surface area contributed by atoms with Crippen LogP contribution in [0.4, 0.5) is 11.5 Å². The van der Waals surface area contributed by atoms with Crippen LogP contribution in [0, 0.1) is 6.92 Å². The zero-order chi connectivity index (χ0) is 15.4. The molecule has 1 aliphatic rings. The molecule has 1 N–H and O–H groups in total. The molecule has 0 bridgehead atoms. The third-order valence-corrected chi connectivity index (χ3v) is 4.20. The maximum absolute atomic E-state index is 5.52. The predicted molar refractivity (Wildman–Crippen MR) is 95.4 cm³/mol. The van der Waals surface area contributed by atoms with Crippen LogP contribution in [-0.2, 0) is 0 Å². The second-order valence-corrected chi connectivity index (χ2v) is 5.84. The van der Waals surface area contributed by atoms with E-state index in [0.717, 1.165) is 42.8 Å². The Kier molecular flexibility index (Phi) is 4.53. The van der Waals surface area contributed by atoms with Gasteiger partial charge >= 0.3 is 0 Å². The molecule has 0 unspecified atom stereocenters. The Morgan fingerprint density at radius 1 is 1.05 bits per heavy atom. The molecule has 4 nitrogen and oxygen atoms in total. The minimum atomic E-state index is 0.796. The van der Waals surface area contributed by atoms with Crippen LogP contribution in [0.3, 0.4) is 0 Å². The number of thiocarbonyl (C=S) groups is 1. The maximum Gasteiger partial charge on any atom is 0.173 e. The highest BCUT2D eigenvalue weighted by Gasteiger charge is 2.19. The third kappa shape index (κ3) is 3.54. The normalized spacial score (nSPS) is 14.8. The first-order valence-corrected chi connectivity index (χ1v) is 7.92. The van der Waals surface area contributed by atoms with Gasteiger partial charge in [0.1, 0.15) is 5.82 Å². The van der Waals surface area contributed by atoms with Crippen molar-refractivity contribution in [3.8, 4) is 0 Å². The second kappa shape index (κ2) is 6.75. The lowest BCUT2D eigenvalue weighted by atomic mass is 10.2. The lowest BCUT2D eigenvalue weighted by Gasteiger charge is -2.36. The van der Waals surface area contributed by atoms with Crippen molar-refractivity contribution in [1.29, 1.82) is 0 Å². The Morgan fingerprint density at radius 2 is 1.77 bits per heavy atom. The van der Waals surface area contributed by atoms with Crippen molar-refractivity contribution in [2.45, 2.75) is 6.92 Å². The highest BCUT2D eigenvalue weighted by molar-refractivity contribution is 7.80. The smallest absolute Gasteiger partial charge is 0.173 e. The first-order valence-electron chi connectivity index (χ1n) is 7.51. The average Bonchev–Trinajstić information content (AvgIpc) is 2.58. The van der Waals surface area contributed by atoms with Gasteiger partial charge in [0.05, 0.1) is 0 Å². The van der Waals surface area contributed by atoms with Gasteiger partial charge in [-0.25, -0.2) is 4.98 Å². The molecule has 1 saturated heterocycles. The molecule has 5 heteroatoms. The number of benzene rings is 1. The van der Waals surface area contributed by atoms with Crippen LogP contribution in [0.5, 0.6) is 0 Å². The molecule has 0 saturated carbocycles. The molecule has 2 aromatic rings. The van der Waals surface area contributed by atoms with E-state index in [4.69, 9.17) is 12.2 Å². The van der Waals surface area contributed by atoms with Gasteiger partial charge in [0.2, 0.25) is 0 Å². The number of nitrogens with zero attached hydrogens (tertiary/aromatic N) is 3. The summed E-state index contributed by atoms with van der Waals surface area (Å²) in [5.74, 6) is 1.04. The number of anilines is 2. The summed E-state index contributed by atoms with van der Waals surface area (Å²) in [6, 6.07) is 14.3. The monoisotopic (exact) mass is 312 g/mol. The molecule has 3 rings (SSSR count). The van der Waals surface area contributed by atoms with Crippen LogP contribution < -0.4 is 10.2 Å². The number of hydrogen-bond acceptors (Lipinski definition) is 3. The molecule has 1 aromatic carbocycles. The third-order valence-electron chi connectivity index (χ3n) is 3.84. The van der Waals surface area contributed by atoms with Gasteiger partial charge in [0.15, 0.2) is 5.11 Å². The fraction of sp³-hybridized carbons (Fsp3) is 0.294. The fourth-order valence-corrected chi connectivity index (χ4v) is 2.82. The SMILES string of the molecule is Cc1ccc(NC(=S)N2CCN(c3ccccn3)CC2)cc1. The zero-order valence-electron chi connectivity index (χ0n) is 12.7.